The van der Waals surface area contributed by atoms with Crippen LogP contribution >= 0.6 is 0 Å². The van der Waals surface area contributed by atoms with Gasteiger partial charge in [0.15, 0.2) is 0 Å². The standard InChI is InChI=1S/C29H46O7/c1-18-14-24-11-8-12-25(31)22(5)20(3)16-27(32)35-26(15-21(4)23(6)30)19(2)10-9-13-28(7,33)29(34,17-18)36-24/h8-9,12-13,16,19,21-26,30-31,33-34H,1,10-11,14-15,17H2,2-7H3/b12-8+,13-9+,20-16?/t19-,21-,22+,23-,24-,25-,26+,28+,29-/m0/s1. The number of hydrogen-bond donors (Lipinski definition) is 4. The van der Waals surface area contributed by atoms with E-state index in [1.54, 1.807) is 32.1 Å². The molecule has 1 saturated heterocycles. The zero-order chi connectivity index (χ0) is 27.3. The third kappa shape index (κ3) is 8.12. The van der Waals surface area contributed by atoms with Crippen LogP contribution in [0.15, 0.2) is 48.1 Å². The van der Waals surface area contributed by atoms with Gasteiger partial charge in [-0.1, -0.05) is 62.8 Å². The Balaban J connectivity index is 2.41. The molecule has 36 heavy (non-hydrogen) atoms. The first kappa shape index (κ1) is 30.5. The summed E-state index contributed by atoms with van der Waals surface area (Å²) in [4.78, 5) is 12.8. The maximum absolute atomic E-state index is 12.8. The zero-order valence-corrected chi connectivity index (χ0v) is 22.7. The van der Waals surface area contributed by atoms with Crippen molar-refractivity contribution < 1.29 is 34.7 Å². The largest absolute Gasteiger partial charge is 0.459 e. The molecule has 0 spiro atoms. The van der Waals surface area contributed by atoms with Crippen LogP contribution in [0, 0.1) is 17.8 Å². The van der Waals surface area contributed by atoms with Gasteiger partial charge in [-0.2, -0.15) is 0 Å². The number of cyclic esters (lactones) is 1. The molecular weight excluding hydrogens is 460 g/mol. The molecule has 2 aliphatic rings. The predicted octanol–water partition coefficient (Wildman–Crippen LogP) is 3.97. The molecule has 2 heterocycles. The Morgan fingerprint density at radius 3 is 2.50 bits per heavy atom. The molecule has 0 amide bonds. The lowest BCUT2D eigenvalue weighted by Gasteiger charge is -2.45. The molecule has 2 rings (SSSR count). The Hall–Kier alpha value is -1.77. The summed E-state index contributed by atoms with van der Waals surface area (Å²) in [6.45, 7) is 14.7. The number of aliphatic hydroxyl groups excluding tert-OH is 2. The van der Waals surface area contributed by atoms with Crippen molar-refractivity contribution in [1.29, 1.82) is 0 Å². The van der Waals surface area contributed by atoms with Gasteiger partial charge in [-0.15, -0.1) is 0 Å². The molecule has 0 saturated carbocycles. The number of carbonyl (C=O) groups is 1. The highest BCUT2D eigenvalue weighted by Crippen LogP contribution is 2.39. The van der Waals surface area contributed by atoms with E-state index in [2.05, 4.69) is 6.58 Å². The summed E-state index contributed by atoms with van der Waals surface area (Å²) in [5.41, 5.74) is -0.206. The minimum Gasteiger partial charge on any atom is -0.459 e. The van der Waals surface area contributed by atoms with Crippen molar-refractivity contribution in [3.63, 3.8) is 0 Å². The van der Waals surface area contributed by atoms with Gasteiger partial charge in [0.1, 0.15) is 11.7 Å². The quantitative estimate of drug-likeness (QED) is 0.338. The molecule has 0 radical (unpaired) electrons. The van der Waals surface area contributed by atoms with Gasteiger partial charge in [0.25, 0.3) is 0 Å². The zero-order valence-electron chi connectivity index (χ0n) is 22.7. The highest BCUT2D eigenvalue weighted by molar-refractivity contribution is 5.83. The maximum Gasteiger partial charge on any atom is 0.330 e. The average Bonchev–Trinajstić information content (AvgIpc) is 2.76. The first-order chi connectivity index (χ1) is 16.6. The van der Waals surface area contributed by atoms with Crippen LogP contribution in [0.1, 0.15) is 73.6 Å². The lowest BCUT2D eigenvalue weighted by atomic mass is 9.83. The summed E-state index contributed by atoms with van der Waals surface area (Å²) in [6.07, 6.45) is 7.94. The lowest BCUT2D eigenvalue weighted by molar-refractivity contribution is -0.305. The second kappa shape index (κ2) is 12.7. The molecule has 4 N–H and O–H groups in total. The minimum atomic E-state index is -1.84. The molecule has 1 fully saturated rings. The normalized spacial score (nSPS) is 40.7. The molecule has 204 valence electrons. The topological polar surface area (TPSA) is 116 Å². The van der Waals surface area contributed by atoms with Crippen LogP contribution in [0.5, 0.6) is 0 Å². The third-order valence-corrected chi connectivity index (χ3v) is 7.75. The number of aliphatic hydroxyl groups is 4. The van der Waals surface area contributed by atoms with Crippen molar-refractivity contribution in [3.05, 3.63) is 48.1 Å². The third-order valence-electron chi connectivity index (χ3n) is 7.75. The molecule has 2 aliphatic heterocycles. The van der Waals surface area contributed by atoms with E-state index in [-0.39, 0.29) is 24.2 Å². The molecular formula is C29H46O7. The van der Waals surface area contributed by atoms with Crippen molar-refractivity contribution in [2.45, 2.75) is 109 Å². The van der Waals surface area contributed by atoms with Gasteiger partial charge in [-0.3, -0.25) is 0 Å². The van der Waals surface area contributed by atoms with Crippen LogP contribution in [0.2, 0.25) is 0 Å². The fourth-order valence-electron chi connectivity index (χ4n) is 4.58. The van der Waals surface area contributed by atoms with Crippen molar-refractivity contribution in [2.75, 3.05) is 0 Å². The summed E-state index contributed by atoms with van der Waals surface area (Å²) < 4.78 is 11.8. The van der Waals surface area contributed by atoms with Gasteiger partial charge in [0.2, 0.25) is 5.79 Å². The molecule has 0 unspecified atom stereocenters. The summed E-state index contributed by atoms with van der Waals surface area (Å²) in [5, 5.41) is 43.1. The van der Waals surface area contributed by atoms with Crippen molar-refractivity contribution in [1.82, 2.24) is 0 Å². The van der Waals surface area contributed by atoms with Gasteiger partial charge < -0.3 is 29.9 Å². The average molecular weight is 507 g/mol. The van der Waals surface area contributed by atoms with Crippen LogP contribution in [0.4, 0.5) is 0 Å². The van der Waals surface area contributed by atoms with Crippen molar-refractivity contribution in [3.8, 4) is 0 Å². The molecule has 7 heteroatoms. The fraction of sp³-hybridized carbons (Fsp3) is 0.690. The highest BCUT2D eigenvalue weighted by Gasteiger charge is 2.49. The first-order valence-electron chi connectivity index (χ1n) is 13.0. The Bertz CT molecular complexity index is 856. The molecule has 7 nitrogen and oxygen atoms in total. The SMILES string of the molecule is C=C1C[C@@H]2C/C=C/[C@H](O)[C@H](C)C(C)=CC(=O)O[C@H](C[C@H](C)[C@H](C)O)[C@@H](C)C/C=C/[C@@](C)(O)[C@](O)(C1)O2. The van der Waals surface area contributed by atoms with Gasteiger partial charge >= 0.3 is 5.97 Å². The minimum absolute atomic E-state index is 0.0922. The summed E-state index contributed by atoms with van der Waals surface area (Å²) >= 11 is 0. The van der Waals surface area contributed by atoms with Crippen LogP contribution in [0.3, 0.4) is 0 Å². The van der Waals surface area contributed by atoms with E-state index in [1.807, 2.05) is 20.8 Å². The van der Waals surface area contributed by atoms with E-state index in [9.17, 15) is 25.2 Å². The van der Waals surface area contributed by atoms with Gasteiger partial charge in [0, 0.05) is 18.4 Å². The van der Waals surface area contributed by atoms with E-state index in [4.69, 9.17) is 9.47 Å². The molecule has 0 aliphatic carbocycles. The van der Waals surface area contributed by atoms with E-state index >= 15 is 0 Å². The molecule has 0 aromatic heterocycles. The Morgan fingerprint density at radius 2 is 1.86 bits per heavy atom. The van der Waals surface area contributed by atoms with E-state index in [0.29, 0.717) is 31.3 Å². The number of hydrogen-bond acceptors (Lipinski definition) is 7. The summed E-state index contributed by atoms with van der Waals surface area (Å²) in [7, 11) is 0. The van der Waals surface area contributed by atoms with Gasteiger partial charge in [0.05, 0.1) is 18.3 Å². The number of allylic oxidation sites excluding steroid dienone is 1. The molecule has 0 aromatic rings. The molecule has 9 atom stereocenters. The Kier molecular flexibility index (Phi) is 10.7. The second-order valence-corrected chi connectivity index (χ2v) is 11.2. The monoisotopic (exact) mass is 506 g/mol. The lowest BCUT2D eigenvalue weighted by Crippen LogP contribution is -2.56. The smallest absolute Gasteiger partial charge is 0.330 e. The summed E-state index contributed by atoms with van der Waals surface area (Å²) in [5.74, 6) is -2.86. The number of esters is 1. The van der Waals surface area contributed by atoms with E-state index < -0.39 is 41.8 Å². The number of rotatable bonds is 3. The van der Waals surface area contributed by atoms with E-state index in [1.165, 1.54) is 19.1 Å². The highest BCUT2D eigenvalue weighted by atomic mass is 16.6. The van der Waals surface area contributed by atoms with Crippen LogP contribution in [0.25, 0.3) is 0 Å². The Labute approximate surface area is 216 Å². The van der Waals surface area contributed by atoms with Crippen LogP contribution < -0.4 is 0 Å². The molecule has 2 bridgehead atoms. The fourth-order valence-corrected chi connectivity index (χ4v) is 4.58. The Morgan fingerprint density at radius 1 is 1.19 bits per heavy atom. The predicted molar refractivity (Wildman–Crippen MR) is 140 cm³/mol. The number of ether oxygens (including phenoxy) is 2. The van der Waals surface area contributed by atoms with Crippen molar-refractivity contribution >= 4 is 5.97 Å². The number of carbonyl (C=O) groups excluding carboxylic acids is 1. The van der Waals surface area contributed by atoms with Crippen molar-refractivity contribution in [2.24, 2.45) is 17.8 Å². The van der Waals surface area contributed by atoms with Crippen LogP contribution in [-0.2, 0) is 14.3 Å². The maximum atomic E-state index is 12.8. The number of fused-ring (bicyclic) bond motifs is 2. The van der Waals surface area contributed by atoms with Gasteiger partial charge in [-0.25, -0.2) is 4.79 Å². The van der Waals surface area contributed by atoms with E-state index in [0.717, 1.165) is 5.57 Å². The van der Waals surface area contributed by atoms with Gasteiger partial charge in [-0.05, 0) is 58.3 Å². The van der Waals surface area contributed by atoms with Crippen LogP contribution in [-0.4, -0.2) is 62.2 Å². The first-order valence-corrected chi connectivity index (χ1v) is 13.0. The molecule has 0 aromatic carbocycles. The second-order valence-electron chi connectivity index (χ2n) is 11.2. The summed E-state index contributed by atoms with van der Waals surface area (Å²) in [6, 6.07) is 0.